The summed E-state index contributed by atoms with van der Waals surface area (Å²) in [5.74, 6) is 7.63. The molecule has 114 valence electrons. The van der Waals surface area contributed by atoms with Crippen LogP contribution in [0.2, 0.25) is 0 Å². The average molecular weight is 307 g/mol. The van der Waals surface area contributed by atoms with Gasteiger partial charge in [-0.25, -0.2) is 0 Å². The van der Waals surface area contributed by atoms with Crippen molar-refractivity contribution < 1.29 is 9.47 Å². The maximum absolute atomic E-state index is 5.94. The van der Waals surface area contributed by atoms with E-state index in [9.17, 15) is 0 Å². The molecule has 1 heterocycles. The van der Waals surface area contributed by atoms with Crippen LogP contribution in [0.5, 0.6) is 5.75 Å². The summed E-state index contributed by atoms with van der Waals surface area (Å²) in [6.07, 6.45) is 3.07. The first-order valence-electron chi connectivity index (χ1n) is 7.46. The third kappa shape index (κ3) is 4.95. The number of aryl methyl sites for hydroxylation is 1. The largest absolute Gasteiger partial charge is 0.491 e. The van der Waals surface area contributed by atoms with Crippen molar-refractivity contribution in [2.75, 3.05) is 12.5 Å². The molecule has 1 fully saturated rings. The van der Waals surface area contributed by atoms with E-state index >= 15 is 0 Å². The Morgan fingerprint density at radius 2 is 2.24 bits per heavy atom. The van der Waals surface area contributed by atoms with Gasteiger partial charge in [0.1, 0.15) is 12.4 Å². The maximum Gasteiger partial charge on any atom is 0.122 e. The lowest BCUT2D eigenvalue weighted by Crippen LogP contribution is -2.24. The lowest BCUT2D eigenvalue weighted by Gasteiger charge is -2.19. The highest BCUT2D eigenvalue weighted by molar-refractivity contribution is 6.18. The fourth-order valence-corrected chi connectivity index (χ4v) is 2.57. The summed E-state index contributed by atoms with van der Waals surface area (Å²) in [5.41, 5.74) is 2.10. The third-order valence-electron chi connectivity index (χ3n) is 3.61. The van der Waals surface area contributed by atoms with Gasteiger partial charge in [-0.1, -0.05) is 11.8 Å². The highest BCUT2D eigenvalue weighted by Gasteiger charge is 2.31. The van der Waals surface area contributed by atoms with E-state index < -0.39 is 0 Å². The fraction of sp³-hybridized carbons (Fsp3) is 0.556. The minimum atomic E-state index is -0.00899. The van der Waals surface area contributed by atoms with E-state index in [0.717, 1.165) is 29.7 Å². The summed E-state index contributed by atoms with van der Waals surface area (Å²) in [7, 11) is 0. The van der Waals surface area contributed by atoms with Gasteiger partial charge in [0.2, 0.25) is 0 Å². The molecule has 0 bridgehead atoms. The van der Waals surface area contributed by atoms with E-state index in [0.29, 0.717) is 18.9 Å². The number of hydrogen-bond donors (Lipinski definition) is 0. The van der Waals surface area contributed by atoms with E-state index in [-0.39, 0.29) is 11.7 Å². The Bertz CT molecular complexity index is 540. The Morgan fingerprint density at radius 3 is 2.86 bits per heavy atom. The number of hydrogen-bond acceptors (Lipinski definition) is 2. The molecule has 2 nitrogen and oxygen atoms in total. The van der Waals surface area contributed by atoms with Crippen LogP contribution in [0.15, 0.2) is 18.2 Å². The van der Waals surface area contributed by atoms with Crippen molar-refractivity contribution >= 4 is 11.6 Å². The maximum atomic E-state index is 5.94. The predicted octanol–water partition coefficient (Wildman–Crippen LogP) is 4.31. The van der Waals surface area contributed by atoms with Gasteiger partial charge >= 0.3 is 0 Å². The molecule has 2 rings (SSSR count). The van der Waals surface area contributed by atoms with Crippen LogP contribution in [0.25, 0.3) is 0 Å². The molecule has 0 radical (unpaired) electrons. The van der Waals surface area contributed by atoms with E-state index in [1.54, 1.807) is 0 Å². The van der Waals surface area contributed by atoms with Crippen LogP contribution in [-0.4, -0.2) is 24.2 Å². The number of halogens is 1. The third-order valence-corrected chi connectivity index (χ3v) is 3.79. The molecule has 1 aromatic rings. The molecule has 1 atom stereocenters. The first-order chi connectivity index (χ1) is 10.00. The van der Waals surface area contributed by atoms with Crippen LogP contribution in [0.1, 0.15) is 44.2 Å². The average Bonchev–Trinajstić information content (AvgIpc) is 2.78. The molecule has 1 unspecified atom stereocenters. The lowest BCUT2D eigenvalue weighted by atomic mass is 10.1. The predicted molar refractivity (Wildman–Crippen MR) is 87.1 cm³/mol. The molecule has 1 aliphatic heterocycles. The van der Waals surface area contributed by atoms with E-state index in [1.807, 2.05) is 19.1 Å². The van der Waals surface area contributed by atoms with Crippen molar-refractivity contribution in [3.8, 4) is 17.6 Å². The topological polar surface area (TPSA) is 18.5 Å². The Labute approximate surface area is 132 Å². The molecule has 1 aromatic carbocycles. The smallest absolute Gasteiger partial charge is 0.122 e. The van der Waals surface area contributed by atoms with Crippen molar-refractivity contribution in [2.45, 2.75) is 51.7 Å². The lowest BCUT2D eigenvalue weighted by molar-refractivity contribution is -0.0327. The molecule has 3 heteroatoms. The minimum Gasteiger partial charge on any atom is -0.491 e. The molecule has 0 aliphatic carbocycles. The van der Waals surface area contributed by atoms with Gasteiger partial charge in [0, 0.05) is 17.9 Å². The van der Waals surface area contributed by atoms with Crippen molar-refractivity contribution in [3.05, 3.63) is 29.3 Å². The second kappa shape index (κ2) is 7.20. The zero-order valence-electron chi connectivity index (χ0n) is 13.0. The van der Waals surface area contributed by atoms with Crippen LogP contribution in [-0.2, 0) is 4.74 Å². The van der Waals surface area contributed by atoms with E-state index in [1.165, 1.54) is 0 Å². The van der Waals surface area contributed by atoms with Gasteiger partial charge in [-0.15, -0.1) is 11.6 Å². The van der Waals surface area contributed by atoms with Gasteiger partial charge in [0.15, 0.2) is 0 Å². The zero-order valence-corrected chi connectivity index (χ0v) is 13.8. The van der Waals surface area contributed by atoms with Gasteiger partial charge in [0.25, 0.3) is 0 Å². The number of rotatable bonds is 4. The van der Waals surface area contributed by atoms with Crippen molar-refractivity contribution in [2.24, 2.45) is 0 Å². The molecule has 1 saturated heterocycles. The van der Waals surface area contributed by atoms with Crippen LogP contribution in [0.4, 0.5) is 0 Å². The van der Waals surface area contributed by atoms with Crippen LogP contribution in [0.3, 0.4) is 0 Å². The van der Waals surface area contributed by atoms with Crippen LogP contribution in [0, 0.1) is 18.8 Å². The Balaban J connectivity index is 1.91. The molecule has 0 N–H and O–H groups in total. The standard InChI is InChI=1S/C18H23ClO2/c1-14-12-15(6-4-5-11-19)7-8-17(14)20-13-16-9-10-18(2,3)21-16/h7-8,12,16H,5,9-11,13H2,1-3H3. The summed E-state index contributed by atoms with van der Waals surface area (Å²) in [4.78, 5) is 0. The van der Waals surface area contributed by atoms with Crippen molar-refractivity contribution in [1.29, 1.82) is 0 Å². The molecule has 0 amide bonds. The number of benzene rings is 1. The Kier molecular flexibility index (Phi) is 5.56. The van der Waals surface area contributed by atoms with Gasteiger partial charge < -0.3 is 9.47 Å². The Hall–Kier alpha value is -1.17. The molecular weight excluding hydrogens is 284 g/mol. The molecule has 0 saturated carbocycles. The SMILES string of the molecule is Cc1cc(C#CCCCl)ccc1OCC1CCC(C)(C)O1. The Morgan fingerprint density at radius 1 is 1.43 bits per heavy atom. The highest BCUT2D eigenvalue weighted by Crippen LogP contribution is 2.30. The normalized spacial score (nSPS) is 19.9. The molecule has 0 aromatic heterocycles. The number of ether oxygens (including phenoxy) is 2. The number of alkyl halides is 1. The first-order valence-corrected chi connectivity index (χ1v) is 8.00. The highest BCUT2D eigenvalue weighted by atomic mass is 35.5. The molecule has 0 spiro atoms. The summed E-state index contributed by atoms with van der Waals surface area (Å²) in [5, 5.41) is 0. The van der Waals surface area contributed by atoms with Gasteiger partial charge in [-0.05, 0) is 57.4 Å². The van der Waals surface area contributed by atoms with Crippen LogP contribution >= 0.6 is 11.6 Å². The fourth-order valence-electron chi connectivity index (χ4n) is 2.48. The summed E-state index contributed by atoms with van der Waals surface area (Å²) in [6, 6.07) is 6.03. The second-order valence-corrected chi connectivity index (χ2v) is 6.45. The van der Waals surface area contributed by atoms with Crippen molar-refractivity contribution in [3.63, 3.8) is 0 Å². The van der Waals surface area contributed by atoms with Gasteiger partial charge in [-0.3, -0.25) is 0 Å². The molecular formula is C18H23ClO2. The summed E-state index contributed by atoms with van der Waals surface area (Å²) >= 11 is 5.61. The summed E-state index contributed by atoms with van der Waals surface area (Å²) < 4.78 is 11.8. The van der Waals surface area contributed by atoms with Gasteiger partial charge in [0.05, 0.1) is 11.7 Å². The van der Waals surface area contributed by atoms with Gasteiger partial charge in [-0.2, -0.15) is 0 Å². The second-order valence-electron chi connectivity index (χ2n) is 6.07. The zero-order chi connectivity index (χ0) is 15.3. The van der Waals surface area contributed by atoms with E-state index in [4.69, 9.17) is 21.1 Å². The quantitative estimate of drug-likeness (QED) is 0.609. The van der Waals surface area contributed by atoms with E-state index in [2.05, 4.69) is 31.8 Å². The monoisotopic (exact) mass is 306 g/mol. The first kappa shape index (κ1) is 16.2. The van der Waals surface area contributed by atoms with Crippen LogP contribution < -0.4 is 4.74 Å². The summed E-state index contributed by atoms with van der Waals surface area (Å²) in [6.45, 7) is 6.92. The van der Waals surface area contributed by atoms with Crippen molar-refractivity contribution in [1.82, 2.24) is 0 Å². The molecule has 1 aliphatic rings. The molecule has 21 heavy (non-hydrogen) atoms. The minimum absolute atomic E-state index is 0.00899.